The van der Waals surface area contributed by atoms with Gasteiger partial charge in [-0.25, -0.2) is 0 Å². The molecule has 4 nitrogen and oxygen atoms in total. The molecule has 0 radical (unpaired) electrons. The van der Waals surface area contributed by atoms with Crippen molar-refractivity contribution < 1.29 is 14.3 Å². The van der Waals surface area contributed by atoms with Crippen molar-refractivity contribution in [2.75, 3.05) is 6.54 Å². The van der Waals surface area contributed by atoms with Crippen LogP contribution in [0.4, 0.5) is 0 Å². The number of unbranched alkanes of at least 4 members (excludes halogenated alkanes) is 1. The summed E-state index contributed by atoms with van der Waals surface area (Å²) in [5, 5.41) is 2.97. The summed E-state index contributed by atoms with van der Waals surface area (Å²) in [7, 11) is 0. The summed E-state index contributed by atoms with van der Waals surface area (Å²) in [6, 6.07) is 26.1. The van der Waals surface area contributed by atoms with Crippen LogP contribution in [-0.4, -0.2) is 12.5 Å². The molecule has 0 aliphatic heterocycles. The predicted octanol–water partition coefficient (Wildman–Crippen LogP) is 5.69. The van der Waals surface area contributed by atoms with Gasteiger partial charge in [0.25, 0.3) is 0 Å². The molecule has 0 aliphatic rings. The van der Waals surface area contributed by atoms with Crippen LogP contribution in [0.2, 0.25) is 0 Å². The van der Waals surface area contributed by atoms with Crippen molar-refractivity contribution in [2.45, 2.75) is 45.8 Å². The Morgan fingerprint density at radius 3 is 2.00 bits per heavy atom. The van der Waals surface area contributed by atoms with E-state index < -0.39 is 0 Å². The summed E-state index contributed by atoms with van der Waals surface area (Å²) in [6.07, 6.45) is 3.22. The fraction of sp³-hybridized carbons (Fsp3) is 0.296. The molecule has 0 heterocycles. The third-order valence-electron chi connectivity index (χ3n) is 4.98. The van der Waals surface area contributed by atoms with Crippen LogP contribution in [0.25, 0.3) is 0 Å². The Bertz CT molecular complexity index is 926. The maximum atomic E-state index is 12.0. The van der Waals surface area contributed by atoms with Crippen molar-refractivity contribution in [3.05, 3.63) is 95.6 Å². The van der Waals surface area contributed by atoms with Gasteiger partial charge < -0.3 is 14.8 Å². The molecule has 0 unspecified atom stereocenters. The zero-order chi connectivity index (χ0) is 21.7. The molecule has 0 saturated carbocycles. The van der Waals surface area contributed by atoms with E-state index in [0.29, 0.717) is 37.6 Å². The lowest BCUT2D eigenvalue weighted by Crippen LogP contribution is -2.24. The van der Waals surface area contributed by atoms with Gasteiger partial charge in [-0.05, 0) is 41.7 Å². The van der Waals surface area contributed by atoms with E-state index in [1.807, 2.05) is 78.9 Å². The molecule has 0 atom stereocenters. The molecule has 0 fully saturated rings. The number of amides is 1. The highest BCUT2D eigenvalue weighted by molar-refractivity contribution is 5.76. The average Bonchev–Trinajstić information content (AvgIpc) is 2.82. The van der Waals surface area contributed by atoms with Gasteiger partial charge in [-0.1, -0.05) is 80.1 Å². The average molecular weight is 418 g/mol. The highest BCUT2D eigenvalue weighted by Gasteiger charge is 2.10. The number of hydrogen-bond donors (Lipinski definition) is 1. The Morgan fingerprint density at radius 2 is 1.39 bits per heavy atom. The van der Waals surface area contributed by atoms with Crippen LogP contribution in [0, 0.1) is 0 Å². The summed E-state index contributed by atoms with van der Waals surface area (Å²) in [5.74, 6) is 1.49. The number of aryl methyl sites for hydroxylation is 1. The minimum atomic E-state index is 0.0876. The van der Waals surface area contributed by atoms with E-state index >= 15 is 0 Å². The second-order valence-electron chi connectivity index (χ2n) is 7.53. The molecular formula is C27H31NO3. The van der Waals surface area contributed by atoms with E-state index in [2.05, 4.69) is 12.2 Å². The molecular weight excluding hydrogens is 386 g/mol. The van der Waals surface area contributed by atoms with Crippen LogP contribution in [-0.2, 0) is 24.4 Å². The van der Waals surface area contributed by atoms with E-state index in [1.54, 1.807) is 0 Å². The lowest BCUT2D eigenvalue weighted by molar-refractivity contribution is -0.121. The molecule has 1 N–H and O–H groups in total. The van der Waals surface area contributed by atoms with Gasteiger partial charge in [0.15, 0.2) is 11.5 Å². The van der Waals surface area contributed by atoms with Crippen LogP contribution in [0.1, 0.15) is 42.9 Å². The normalized spacial score (nSPS) is 10.5. The maximum absolute atomic E-state index is 12.0. The largest absolute Gasteiger partial charge is 0.485 e. The zero-order valence-corrected chi connectivity index (χ0v) is 18.2. The Balaban J connectivity index is 1.65. The quantitative estimate of drug-likeness (QED) is 0.385. The first-order chi connectivity index (χ1) is 15.2. The number of rotatable bonds is 12. The van der Waals surface area contributed by atoms with E-state index in [-0.39, 0.29) is 5.91 Å². The second-order valence-corrected chi connectivity index (χ2v) is 7.53. The van der Waals surface area contributed by atoms with Crippen LogP contribution >= 0.6 is 0 Å². The van der Waals surface area contributed by atoms with E-state index in [1.165, 1.54) is 0 Å². The molecule has 4 heteroatoms. The van der Waals surface area contributed by atoms with Gasteiger partial charge in [-0.3, -0.25) is 4.79 Å². The molecule has 0 saturated heterocycles. The minimum Gasteiger partial charge on any atom is -0.485 e. The summed E-state index contributed by atoms with van der Waals surface area (Å²) in [4.78, 5) is 12.0. The van der Waals surface area contributed by atoms with Crippen molar-refractivity contribution in [3.63, 3.8) is 0 Å². The van der Waals surface area contributed by atoms with Crippen molar-refractivity contribution >= 4 is 5.91 Å². The van der Waals surface area contributed by atoms with Crippen LogP contribution < -0.4 is 14.8 Å². The van der Waals surface area contributed by atoms with Crippen LogP contribution in [0.5, 0.6) is 11.5 Å². The first-order valence-electron chi connectivity index (χ1n) is 11.0. The second kappa shape index (κ2) is 12.4. The van der Waals surface area contributed by atoms with Crippen molar-refractivity contribution in [1.29, 1.82) is 0 Å². The minimum absolute atomic E-state index is 0.0876. The molecule has 3 rings (SSSR count). The van der Waals surface area contributed by atoms with Gasteiger partial charge in [0.1, 0.15) is 13.2 Å². The first kappa shape index (κ1) is 22.4. The number of carbonyl (C=O) groups excluding carboxylic acids is 1. The summed E-state index contributed by atoms with van der Waals surface area (Å²) in [6.45, 7) is 3.79. The predicted molar refractivity (Wildman–Crippen MR) is 124 cm³/mol. The lowest BCUT2D eigenvalue weighted by atomic mass is 10.1. The monoisotopic (exact) mass is 417 g/mol. The topological polar surface area (TPSA) is 47.6 Å². The summed E-state index contributed by atoms with van der Waals surface area (Å²) in [5.41, 5.74) is 3.25. The van der Waals surface area contributed by atoms with Crippen LogP contribution in [0.15, 0.2) is 78.9 Å². The molecule has 3 aromatic rings. The fourth-order valence-corrected chi connectivity index (χ4v) is 3.16. The van der Waals surface area contributed by atoms with Gasteiger partial charge in [0.05, 0.1) is 0 Å². The van der Waals surface area contributed by atoms with Crippen LogP contribution in [0.3, 0.4) is 0 Å². The standard InChI is InChI=1S/C27H31NO3/c1-2-3-18-28-27(29)17-15-22-14-16-25(30-20-23-10-6-4-7-11-23)26(19-22)31-21-24-12-8-5-9-13-24/h4-14,16,19H,2-3,15,17-18,20-21H2,1H3,(H,28,29). The zero-order valence-electron chi connectivity index (χ0n) is 18.2. The first-order valence-corrected chi connectivity index (χ1v) is 11.0. The highest BCUT2D eigenvalue weighted by atomic mass is 16.5. The molecule has 1 amide bonds. The van der Waals surface area contributed by atoms with Gasteiger partial charge >= 0.3 is 0 Å². The Hall–Kier alpha value is -3.27. The number of carbonyl (C=O) groups is 1. The third kappa shape index (κ3) is 7.82. The molecule has 0 spiro atoms. The van der Waals surface area contributed by atoms with Gasteiger partial charge in [-0.2, -0.15) is 0 Å². The SMILES string of the molecule is CCCCNC(=O)CCc1ccc(OCc2ccccc2)c(OCc2ccccc2)c1. The fourth-order valence-electron chi connectivity index (χ4n) is 3.16. The molecule has 0 bridgehead atoms. The van der Waals surface area contributed by atoms with E-state index in [0.717, 1.165) is 36.1 Å². The van der Waals surface area contributed by atoms with Gasteiger partial charge in [0.2, 0.25) is 5.91 Å². The maximum Gasteiger partial charge on any atom is 0.220 e. The van der Waals surface area contributed by atoms with Gasteiger partial charge in [-0.15, -0.1) is 0 Å². The molecule has 31 heavy (non-hydrogen) atoms. The van der Waals surface area contributed by atoms with Gasteiger partial charge in [0, 0.05) is 13.0 Å². The van der Waals surface area contributed by atoms with Crippen molar-refractivity contribution in [3.8, 4) is 11.5 Å². The van der Waals surface area contributed by atoms with E-state index in [4.69, 9.17) is 9.47 Å². The number of benzene rings is 3. The summed E-state index contributed by atoms with van der Waals surface area (Å²) >= 11 is 0. The Labute approximate surface area is 185 Å². The molecule has 0 aromatic heterocycles. The molecule has 3 aromatic carbocycles. The van der Waals surface area contributed by atoms with E-state index in [9.17, 15) is 4.79 Å². The Morgan fingerprint density at radius 1 is 0.774 bits per heavy atom. The Kier molecular flexibility index (Phi) is 8.99. The van der Waals surface area contributed by atoms with Crippen molar-refractivity contribution in [2.24, 2.45) is 0 Å². The molecule has 0 aliphatic carbocycles. The highest BCUT2D eigenvalue weighted by Crippen LogP contribution is 2.30. The lowest BCUT2D eigenvalue weighted by Gasteiger charge is -2.15. The smallest absolute Gasteiger partial charge is 0.220 e. The number of ether oxygens (including phenoxy) is 2. The van der Waals surface area contributed by atoms with Crippen molar-refractivity contribution in [1.82, 2.24) is 5.32 Å². The number of hydrogen-bond acceptors (Lipinski definition) is 3. The number of nitrogens with one attached hydrogen (secondary N) is 1. The summed E-state index contributed by atoms with van der Waals surface area (Å²) < 4.78 is 12.2. The third-order valence-corrected chi connectivity index (χ3v) is 4.98. The molecule has 162 valence electrons.